The van der Waals surface area contributed by atoms with Gasteiger partial charge in [-0.1, -0.05) is 18.2 Å². The number of carbonyl (C=O) groups is 1. The maximum Gasteiger partial charge on any atom is 0.227 e. The number of rotatable bonds is 6. The van der Waals surface area contributed by atoms with Crippen molar-refractivity contribution >= 4 is 16.8 Å². The summed E-state index contributed by atoms with van der Waals surface area (Å²) in [5, 5.41) is 1.18. The van der Waals surface area contributed by atoms with Crippen LogP contribution in [0, 0.1) is 13.8 Å². The molecule has 0 aliphatic carbocycles. The first kappa shape index (κ1) is 16.6. The van der Waals surface area contributed by atoms with Crippen molar-refractivity contribution < 1.29 is 4.79 Å². The zero-order valence-electron chi connectivity index (χ0n) is 14.4. The fourth-order valence-corrected chi connectivity index (χ4v) is 2.82. The number of benzene rings is 1. The highest BCUT2D eigenvalue weighted by molar-refractivity contribution is 5.91. The molecule has 1 aromatic heterocycles. The molecule has 0 saturated heterocycles. The van der Waals surface area contributed by atoms with E-state index >= 15 is 0 Å². The lowest BCUT2D eigenvalue weighted by atomic mass is 10.1. The molecule has 0 bridgehead atoms. The van der Waals surface area contributed by atoms with Crippen LogP contribution in [0.3, 0.4) is 0 Å². The van der Waals surface area contributed by atoms with Gasteiger partial charge in [-0.25, -0.2) is 0 Å². The Morgan fingerprint density at radius 2 is 1.91 bits per heavy atom. The number of hydrogen-bond acceptors (Lipinski definition) is 2. The van der Waals surface area contributed by atoms with Crippen LogP contribution in [0.25, 0.3) is 10.9 Å². The van der Waals surface area contributed by atoms with Crippen LogP contribution in [0.2, 0.25) is 0 Å². The first-order valence-electron chi connectivity index (χ1n) is 7.93. The molecule has 22 heavy (non-hydrogen) atoms. The number of fused-ring (bicyclic) bond motifs is 1. The number of aryl methyl sites for hydroxylation is 2. The fourth-order valence-electron chi connectivity index (χ4n) is 2.82. The number of para-hydroxylation sites is 1. The van der Waals surface area contributed by atoms with Crippen molar-refractivity contribution in [2.45, 2.75) is 27.2 Å². The van der Waals surface area contributed by atoms with Crippen molar-refractivity contribution in [2.75, 3.05) is 33.7 Å². The van der Waals surface area contributed by atoms with Crippen LogP contribution in [0.5, 0.6) is 0 Å². The van der Waals surface area contributed by atoms with Crippen LogP contribution in [0.15, 0.2) is 18.2 Å². The van der Waals surface area contributed by atoms with E-state index in [9.17, 15) is 4.79 Å². The van der Waals surface area contributed by atoms with E-state index in [2.05, 4.69) is 41.9 Å². The topological polar surface area (TPSA) is 39.3 Å². The number of hydrogen-bond donors (Lipinski definition) is 1. The lowest BCUT2D eigenvalue weighted by molar-refractivity contribution is -0.130. The van der Waals surface area contributed by atoms with E-state index in [1.54, 1.807) is 0 Å². The number of amides is 1. The van der Waals surface area contributed by atoms with Crippen LogP contribution in [0.1, 0.15) is 23.7 Å². The minimum atomic E-state index is 0.204. The third-order valence-corrected chi connectivity index (χ3v) is 4.24. The van der Waals surface area contributed by atoms with E-state index in [4.69, 9.17) is 0 Å². The maximum atomic E-state index is 12.6. The molecule has 0 aliphatic heterocycles. The SMILES string of the molecule is CCN(CCN(C)C)C(=O)Cc1c(C)[nH]c2c(C)cccc12. The minimum absolute atomic E-state index is 0.204. The van der Waals surface area contributed by atoms with Crippen molar-refractivity contribution in [1.29, 1.82) is 0 Å². The molecule has 0 saturated carbocycles. The van der Waals surface area contributed by atoms with Gasteiger partial charge in [0.25, 0.3) is 0 Å². The number of carbonyl (C=O) groups excluding carboxylic acids is 1. The number of nitrogens with one attached hydrogen (secondary N) is 1. The number of aromatic amines is 1. The summed E-state index contributed by atoms with van der Waals surface area (Å²) in [6.45, 7) is 8.62. The van der Waals surface area contributed by atoms with Gasteiger partial charge in [0.15, 0.2) is 0 Å². The van der Waals surface area contributed by atoms with Crippen LogP contribution in [-0.4, -0.2) is 54.4 Å². The number of nitrogens with zero attached hydrogens (tertiary/aromatic N) is 2. The molecule has 1 heterocycles. The van der Waals surface area contributed by atoms with Gasteiger partial charge in [0, 0.05) is 36.2 Å². The van der Waals surface area contributed by atoms with E-state index in [1.165, 1.54) is 10.9 Å². The molecule has 4 nitrogen and oxygen atoms in total. The van der Waals surface area contributed by atoms with E-state index in [0.717, 1.165) is 36.4 Å². The normalized spacial score (nSPS) is 11.4. The highest BCUT2D eigenvalue weighted by Crippen LogP contribution is 2.25. The number of aromatic nitrogens is 1. The van der Waals surface area contributed by atoms with E-state index in [1.807, 2.05) is 25.9 Å². The second kappa shape index (κ2) is 6.97. The van der Waals surface area contributed by atoms with Crippen LogP contribution in [-0.2, 0) is 11.2 Å². The predicted molar refractivity (Wildman–Crippen MR) is 92.3 cm³/mol. The molecular formula is C18H27N3O. The van der Waals surface area contributed by atoms with Gasteiger partial charge in [0.05, 0.1) is 6.42 Å². The molecule has 0 spiro atoms. The van der Waals surface area contributed by atoms with Crippen LogP contribution >= 0.6 is 0 Å². The first-order chi connectivity index (χ1) is 10.4. The van der Waals surface area contributed by atoms with Gasteiger partial charge in [0.2, 0.25) is 5.91 Å². The summed E-state index contributed by atoms with van der Waals surface area (Å²) in [6, 6.07) is 6.26. The minimum Gasteiger partial charge on any atom is -0.358 e. The Kier molecular flexibility index (Phi) is 5.24. The van der Waals surface area contributed by atoms with E-state index in [-0.39, 0.29) is 5.91 Å². The Morgan fingerprint density at radius 3 is 2.55 bits per heavy atom. The van der Waals surface area contributed by atoms with Gasteiger partial charge in [-0.3, -0.25) is 4.79 Å². The summed E-state index contributed by atoms with van der Waals surface area (Å²) >= 11 is 0. The van der Waals surface area contributed by atoms with Crippen molar-refractivity contribution in [2.24, 2.45) is 0 Å². The Balaban J connectivity index is 2.21. The molecule has 0 aliphatic rings. The lowest BCUT2D eigenvalue weighted by Gasteiger charge is -2.23. The third kappa shape index (κ3) is 3.50. The Hall–Kier alpha value is -1.81. The maximum absolute atomic E-state index is 12.6. The highest BCUT2D eigenvalue weighted by atomic mass is 16.2. The van der Waals surface area contributed by atoms with Crippen LogP contribution < -0.4 is 0 Å². The summed E-state index contributed by atoms with van der Waals surface area (Å²) in [5.41, 5.74) is 4.60. The third-order valence-electron chi connectivity index (χ3n) is 4.24. The molecule has 2 rings (SSSR count). The lowest BCUT2D eigenvalue weighted by Crippen LogP contribution is -2.37. The molecular weight excluding hydrogens is 274 g/mol. The molecule has 0 radical (unpaired) electrons. The smallest absolute Gasteiger partial charge is 0.227 e. The Bertz CT molecular complexity index is 658. The van der Waals surface area contributed by atoms with Gasteiger partial charge in [-0.05, 0) is 46.0 Å². The largest absolute Gasteiger partial charge is 0.358 e. The number of likely N-dealkylation sites (N-methyl/N-ethyl adjacent to an activating group) is 2. The average Bonchev–Trinajstić information content (AvgIpc) is 2.77. The van der Waals surface area contributed by atoms with E-state index < -0.39 is 0 Å². The quantitative estimate of drug-likeness (QED) is 0.891. The van der Waals surface area contributed by atoms with Crippen molar-refractivity contribution in [1.82, 2.24) is 14.8 Å². The van der Waals surface area contributed by atoms with Gasteiger partial charge < -0.3 is 14.8 Å². The molecule has 1 amide bonds. The molecule has 0 fully saturated rings. The second-order valence-electron chi connectivity index (χ2n) is 6.18. The van der Waals surface area contributed by atoms with Gasteiger partial charge in [0.1, 0.15) is 0 Å². The second-order valence-corrected chi connectivity index (χ2v) is 6.18. The highest BCUT2D eigenvalue weighted by Gasteiger charge is 2.17. The average molecular weight is 301 g/mol. The Labute approximate surface area is 133 Å². The summed E-state index contributed by atoms with van der Waals surface area (Å²) in [6.07, 6.45) is 0.469. The van der Waals surface area contributed by atoms with Crippen molar-refractivity contribution in [3.05, 3.63) is 35.0 Å². The predicted octanol–water partition coefficient (Wildman–Crippen LogP) is 2.74. The molecule has 120 valence electrons. The monoisotopic (exact) mass is 301 g/mol. The molecule has 1 N–H and O–H groups in total. The van der Waals surface area contributed by atoms with Gasteiger partial charge in [-0.15, -0.1) is 0 Å². The Morgan fingerprint density at radius 1 is 1.18 bits per heavy atom. The van der Waals surface area contributed by atoms with Crippen LogP contribution in [0.4, 0.5) is 0 Å². The van der Waals surface area contributed by atoms with Crippen molar-refractivity contribution in [3.8, 4) is 0 Å². The fraction of sp³-hybridized carbons (Fsp3) is 0.500. The van der Waals surface area contributed by atoms with E-state index in [0.29, 0.717) is 6.42 Å². The summed E-state index contributed by atoms with van der Waals surface area (Å²) in [4.78, 5) is 20.1. The summed E-state index contributed by atoms with van der Waals surface area (Å²) < 4.78 is 0. The molecule has 1 aromatic carbocycles. The molecule has 0 atom stereocenters. The van der Waals surface area contributed by atoms with Crippen molar-refractivity contribution in [3.63, 3.8) is 0 Å². The first-order valence-corrected chi connectivity index (χ1v) is 7.93. The zero-order chi connectivity index (χ0) is 16.3. The standard InChI is InChI=1S/C18H27N3O/c1-6-21(11-10-20(4)5)17(22)12-16-14(3)19-18-13(2)8-7-9-15(16)18/h7-9,19H,6,10-12H2,1-5H3. The molecule has 4 heteroatoms. The van der Waals surface area contributed by atoms with Gasteiger partial charge in [-0.2, -0.15) is 0 Å². The summed E-state index contributed by atoms with van der Waals surface area (Å²) in [5.74, 6) is 0.204. The van der Waals surface area contributed by atoms with Gasteiger partial charge >= 0.3 is 0 Å². The number of H-pyrrole nitrogens is 1. The summed E-state index contributed by atoms with van der Waals surface area (Å²) in [7, 11) is 4.07. The zero-order valence-corrected chi connectivity index (χ0v) is 14.4. The molecule has 0 unspecified atom stereocenters. The molecule has 2 aromatic rings.